The lowest BCUT2D eigenvalue weighted by atomic mass is 10.4. The third-order valence-corrected chi connectivity index (χ3v) is 2.71. The number of hydrogen-bond acceptors (Lipinski definition) is 5. The van der Waals surface area contributed by atoms with Gasteiger partial charge in [0.1, 0.15) is 5.76 Å². The largest absolute Gasteiger partial charge is 0.457 e. The van der Waals surface area contributed by atoms with Crippen LogP contribution >= 0.6 is 11.8 Å². The van der Waals surface area contributed by atoms with E-state index in [2.05, 4.69) is 9.97 Å². The number of aromatic nitrogens is 2. The van der Waals surface area contributed by atoms with Crippen molar-refractivity contribution < 1.29 is 9.21 Å². The molecule has 0 atom stereocenters. The fourth-order valence-electron chi connectivity index (χ4n) is 1.10. The first-order valence-electron chi connectivity index (χ1n) is 4.50. The van der Waals surface area contributed by atoms with Crippen molar-refractivity contribution in [2.24, 2.45) is 0 Å². The lowest BCUT2D eigenvalue weighted by Crippen LogP contribution is -2.05. The van der Waals surface area contributed by atoms with Crippen molar-refractivity contribution in [3.8, 4) is 0 Å². The average Bonchev–Trinajstić information content (AvgIpc) is 2.74. The van der Waals surface area contributed by atoms with Gasteiger partial charge in [0.05, 0.1) is 5.75 Å². The molecular weight excluding hydrogens is 228 g/mol. The van der Waals surface area contributed by atoms with Crippen molar-refractivity contribution in [1.82, 2.24) is 9.97 Å². The normalized spacial score (nSPS) is 10.2. The SMILES string of the molecule is O=Cc1ccc(CSc2nccc(=O)[nH]2)o1. The van der Waals surface area contributed by atoms with Gasteiger partial charge in [0.25, 0.3) is 5.56 Å². The number of carbonyl (C=O) groups is 1. The van der Waals surface area contributed by atoms with Gasteiger partial charge in [-0.3, -0.25) is 9.59 Å². The van der Waals surface area contributed by atoms with E-state index in [4.69, 9.17) is 4.42 Å². The fourth-order valence-corrected chi connectivity index (χ4v) is 1.84. The number of nitrogens with zero attached hydrogens (tertiary/aromatic N) is 1. The number of hydrogen-bond donors (Lipinski definition) is 1. The van der Waals surface area contributed by atoms with Crippen LogP contribution in [0.5, 0.6) is 0 Å². The van der Waals surface area contributed by atoms with E-state index in [-0.39, 0.29) is 5.56 Å². The summed E-state index contributed by atoms with van der Waals surface area (Å²) in [7, 11) is 0. The first-order chi connectivity index (χ1) is 7.78. The van der Waals surface area contributed by atoms with E-state index < -0.39 is 0 Å². The molecule has 0 bridgehead atoms. The molecule has 2 aromatic rings. The van der Waals surface area contributed by atoms with Crippen molar-refractivity contribution in [1.29, 1.82) is 0 Å². The molecule has 82 valence electrons. The minimum atomic E-state index is -0.189. The molecule has 2 heterocycles. The zero-order chi connectivity index (χ0) is 11.4. The van der Waals surface area contributed by atoms with Crippen LogP contribution in [0.1, 0.15) is 16.3 Å². The maximum Gasteiger partial charge on any atom is 0.251 e. The van der Waals surface area contributed by atoms with Crippen LogP contribution < -0.4 is 5.56 Å². The Labute approximate surface area is 94.9 Å². The predicted molar refractivity (Wildman–Crippen MR) is 58.5 cm³/mol. The monoisotopic (exact) mass is 236 g/mol. The topological polar surface area (TPSA) is 76.0 Å². The van der Waals surface area contributed by atoms with Gasteiger partial charge in [-0.15, -0.1) is 0 Å². The molecule has 2 aromatic heterocycles. The van der Waals surface area contributed by atoms with Crippen LogP contribution in [-0.4, -0.2) is 16.3 Å². The summed E-state index contributed by atoms with van der Waals surface area (Å²) in [6.45, 7) is 0. The summed E-state index contributed by atoms with van der Waals surface area (Å²) in [5.41, 5.74) is -0.189. The molecule has 0 saturated carbocycles. The molecule has 0 saturated heterocycles. The van der Waals surface area contributed by atoms with Crippen LogP contribution in [-0.2, 0) is 5.75 Å². The van der Waals surface area contributed by atoms with E-state index in [0.29, 0.717) is 28.7 Å². The Balaban J connectivity index is 2.02. The third-order valence-electron chi connectivity index (χ3n) is 1.80. The molecule has 0 spiro atoms. The van der Waals surface area contributed by atoms with Gasteiger partial charge in [0.2, 0.25) is 0 Å². The number of rotatable bonds is 4. The van der Waals surface area contributed by atoms with Gasteiger partial charge in [0, 0.05) is 12.3 Å². The highest BCUT2D eigenvalue weighted by atomic mass is 32.2. The lowest BCUT2D eigenvalue weighted by molar-refractivity contribution is 0.109. The van der Waals surface area contributed by atoms with E-state index >= 15 is 0 Å². The van der Waals surface area contributed by atoms with E-state index in [0.717, 1.165) is 0 Å². The number of thioether (sulfide) groups is 1. The van der Waals surface area contributed by atoms with Crippen LogP contribution in [0.25, 0.3) is 0 Å². The molecule has 0 aromatic carbocycles. The molecule has 16 heavy (non-hydrogen) atoms. The molecule has 5 nitrogen and oxygen atoms in total. The standard InChI is InChI=1S/C10H8N2O3S/c13-5-7-1-2-8(15-7)6-16-10-11-4-3-9(14)12-10/h1-5H,6H2,(H,11,12,14). The maximum atomic E-state index is 11.0. The van der Waals surface area contributed by atoms with Crippen molar-refractivity contribution in [3.05, 3.63) is 46.3 Å². The quantitative estimate of drug-likeness (QED) is 0.494. The van der Waals surface area contributed by atoms with Gasteiger partial charge >= 0.3 is 0 Å². The average molecular weight is 236 g/mol. The van der Waals surface area contributed by atoms with Crippen molar-refractivity contribution >= 4 is 18.0 Å². The van der Waals surface area contributed by atoms with Crippen LogP contribution in [0, 0.1) is 0 Å². The number of nitrogens with one attached hydrogen (secondary N) is 1. The summed E-state index contributed by atoms with van der Waals surface area (Å²) < 4.78 is 5.18. The second-order valence-electron chi connectivity index (χ2n) is 2.95. The first-order valence-corrected chi connectivity index (χ1v) is 5.48. The summed E-state index contributed by atoms with van der Waals surface area (Å²) in [6, 6.07) is 4.67. The highest BCUT2D eigenvalue weighted by molar-refractivity contribution is 7.98. The highest BCUT2D eigenvalue weighted by Crippen LogP contribution is 2.18. The van der Waals surface area contributed by atoms with E-state index in [1.54, 1.807) is 12.1 Å². The summed E-state index contributed by atoms with van der Waals surface area (Å²) in [5, 5.41) is 0.525. The van der Waals surface area contributed by atoms with Crippen LogP contribution in [0.2, 0.25) is 0 Å². The number of aromatic amines is 1. The Bertz CT molecular complexity index is 547. The molecule has 0 fully saturated rings. The molecule has 0 aliphatic carbocycles. The van der Waals surface area contributed by atoms with Crippen molar-refractivity contribution in [3.63, 3.8) is 0 Å². The van der Waals surface area contributed by atoms with Crippen LogP contribution in [0.3, 0.4) is 0 Å². The first kappa shape index (κ1) is 10.7. The smallest absolute Gasteiger partial charge is 0.251 e. The number of aldehydes is 1. The molecule has 0 radical (unpaired) electrons. The summed E-state index contributed by atoms with van der Waals surface area (Å²) in [6.07, 6.45) is 2.09. The van der Waals surface area contributed by atoms with E-state index in [1.807, 2.05) is 0 Å². The molecular formula is C10H8N2O3S. The minimum absolute atomic E-state index is 0.189. The fraction of sp³-hybridized carbons (Fsp3) is 0.100. The Hall–Kier alpha value is -1.82. The van der Waals surface area contributed by atoms with E-state index in [9.17, 15) is 9.59 Å². The minimum Gasteiger partial charge on any atom is -0.457 e. The summed E-state index contributed by atoms with van der Waals surface area (Å²) in [5.74, 6) is 1.48. The molecule has 6 heteroatoms. The van der Waals surface area contributed by atoms with Crippen molar-refractivity contribution in [2.75, 3.05) is 0 Å². The third kappa shape index (κ3) is 2.60. The van der Waals surface area contributed by atoms with Gasteiger partial charge in [-0.2, -0.15) is 0 Å². The molecule has 0 unspecified atom stereocenters. The van der Waals surface area contributed by atoms with Gasteiger partial charge < -0.3 is 9.40 Å². The zero-order valence-corrected chi connectivity index (χ0v) is 8.99. The lowest BCUT2D eigenvalue weighted by Gasteiger charge is -1.96. The number of H-pyrrole nitrogens is 1. The van der Waals surface area contributed by atoms with E-state index in [1.165, 1.54) is 24.0 Å². The highest BCUT2D eigenvalue weighted by Gasteiger charge is 2.03. The summed E-state index contributed by atoms with van der Waals surface area (Å²) in [4.78, 5) is 27.9. The van der Waals surface area contributed by atoms with Gasteiger partial charge in [-0.25, -0.2) is 4.98 Å². The maximum absolute atomic E-state index is 11.0. The molecule has 0 aliphatic rings. The van der Waals surface area contributed by atoms with Gasteiger partial charge in [0.15, 0.2) is 17.2 Å². The summed E-state index contributed by atoms with van der Waals surface area (Å²) >= 11 is 1.34. The number of furan rings is 1. The predicted octanol–water partition coefficient (Wildman–Crippen LogP) is 1.47. The van der Waals surface area contributed by atoms with Crippen LogP contribution in [0.4, 0.5) is 0 Å². The second kappa shape index (κ2) is 4.80. The van der Waals surface area contributed by atoms with Gasteiger partial charge in [-0.05, 0) is 12.1 Å². The van der Waals surface area contributed by atoms with Gasteiger partial charge in [-0.1, -0.05) is 11.8 Å². The molecule has 0 aliphatic heterocycles. The Morgan fingerprint density at radius 2 is 2.31 bits per heavy atom. The number of carbonyl (C=O) groups excluding carboxylic acids is 1. The zero-order valence-electron chi connectivity index (χ0n) is 8.17. The van der Waals surface area contributed by atoms with Crippen LogP contribution in [0.15, 0.2) is 38.8 Å². The Morgan fingerprint density at radius 3 is 3.00 bits per heavy atom. The van der Waals surface area contributed by atoms with Crippen molar-refractivity contribution in [2.45, 2.75) is 10.9 Å². The molecule has 2 rings (SSSR count). The molecule has 0 amide bonds. The second-order valence-corrected chi connectivity index (χ2v) is 3.91. The Morgan fingerprint density at radius 1 is 1.44 bits per heavy atom. The molecule has 1 N–H and O–H groups in total. The Kier molecular flexibility index (Phi) is 3.21.